The number of piperidine rings is 1. The van der Waals surface area contributed by atoms with Gasteiger partial charge in [0.1, 0.15) is 0 Å². The number of anilines is 1. The molecule has 1 saturated heterocycles. The standard InChI is InChI=1S/C19H18ClF3N2O3S/c20-15-5-9-17(10-6-15)29(27,28)25-11-1-2-13(12-25)18(26)24-16-7-3-14(4-8-16)19(21,22)23/h3-10,13H,1-2,11-12H2,(H,24,26)/t13-/m0/s1. The van der Waals surface area contributed by atoms with E-state index in [2.05, 4.69) is 5.32 Å². The van der Waals surface area contributed by atoms with E-state index in [4.69, 9.17) is 11.6 Å². The van der Waals surface area contributed by atoms with Gasteiger partial charge in [0.05, 0.1) is 16.4 Å². The van der Waals surface area contributed by atoms with Crippen molar-refractivity contribution in [2.75, 3.05) is 18.4 Å². The van der Waals surface area contributed by atoms with E-state index in [1.165, 1.54) is 40.7 Å². The lowest BCUT2D eigenvalue weighted by Gasteiger charge is -2.31. The summed E-state index contributed by atoms with van der Waals surface area (Å²) in [5.74, 6) is -1.03. The molecule has 3 rings (SSSR count). The molecule has 0 radical (unpaired) electrons. The number of rotatable bonds is 4. The summed E-state index contributed by atoms with van der Waals surface area (Å²) >= 11 is 5.80. The minimum absolute atomic E-state index is 0.00255. The lowest BCUT2D eigenvalue weighted by atomic mass is 9.98. The normalized spacial score (nSPS) is 18.4. The van der Waals surface area contributed by atoms with E-state index >= 15 is 0 Å². The Bertz CT molecular complexity index is 977. The number of hydrogen-bond donors (Lipinski definition) is 1. The minimum atomic E-state index is -4.46. The van der Waals surface area contributed by atoms with E-state index in [1.54, 1.807) is 0 Å². The van der Waals surface area contributed by atoms with Crippen LogP contribution in [-0.4, -0.2) is 31.7 Å². The Morgan fingerprint density at radius 2 is 1.69 bits per heavy atom. The van der Waals surface area contributed by atoms with Gasteiger partial charge in [-0.05, 0) is 61.4 Å². The van der Waals surface area contributed by atoms with Crippen LogP contribution in [0.3, 0.4) is 0 Å². The van der Waals surface area contributed by atoms with Crippen LogP contribution < -0.4 is 5.32 Å². The van der Waals surface area contributed by atoms with E-state index in [1.807, 2.05) is 0 Å². The SMILES string of the molecule is O=C(Nc1ccc(C(F)(F)F)cc1)[C@H]1CCCN(S(=O)(=O)c2ccc(Cl)cc2)C1. The number of carbonyl (C=O) groups excluding carboxylic acids is 1. The maximum absolute atomic E-state index is 12.8. The van der Waals surface area contributed by atoms with Crippen LogP contribution in [0.4, 0.5) is 18.9 Å². The van der Waals surface area contributed by atoms with E-state index in [0.29, 0.717) is 17.9 Å². The van der Waals surface area contributed by atoms with Crippen LogP contribution in [0.25, 0.3) is 0 Å². The molecule has 10 heteroatoms. The smallest absolute Gasteiger partial charge is 0.326 e. The van der Waals surface area contributed by atoms with Crippen molar-refractivity contribution < 1.29 is 26.4 Å². The molecule has 1 amide bonds. The number of hydrogen-bond acceptors (Lipinski definition) is 3. The van der Waals surface area contributed by atoms with Crippen molar-refractivity contribution in [3.63, 3.8) is 0 Å². The monoisotopic (exact) mass is 446 g/mol. The number of benzene rings is 2. The summed E-state index contributed by atoms with van der Waals surface area (Å²) in [6, 6.07) is 9.88. The fourth-order valence-electron chi connectivity index (χ4n) is 3.12. The first-order chi connectivity index (χ1) is 13.6. The predicted molar refractivity (Wildman–Crippen MR) is 103 cm³/mol. The number of halogens is 4. The van der Waals surface area contributed by atoms with Gasteiger partial charge < -0.3 is 5.32 Å². The highest BCUT2D eigenvalue weighted by molar-refractivity contribution is 7.89. The van der Waals surface area contributed by atoms with Crippen molar-refractivity contribution in [2.24, 2.45) is 5.92 Å². The highest BCUT2D eigenvalue weighted by Crippen LogP contribution is 2.30. The van der Waals surface area contributed by atoms with Crippen LogP contribution in [0.15, 0.2) is 53.4 Å². The van der Waals surface area contributed by atoms with Gasteiger partial charge in [-0.2, -0.15) is 17.5 Å². The fourth-order valence-corrected chi connectivity index (χ4v) is 4.77. The molecule has 5 nitrogen and oxygen atoms in total. The molecule has 0 saturated carbocycles. The fraction of sp³-hybridized carbons (Fsp3) is 0.316. The molecule has 1 heterocycles. The first kappa shape index (κ1) is 21.6. The first-order valence-electron chi connectivity index (χ1n) is 8.81. The highest BCUT2D eigenvalue weighted by atomic mass is 35.5. The first-order valence-corrected chi connectivity index (χ1v) is 10.6. The zero-order chi connectivity index (χ0) is 21.2. The van der Waals surface area contributed by atoms with Crippen molar-refractivity contribution >= 4 is 33.2 Å². The van der Waals surface area contributed by atoms with E-state index in [9.17, 15) is 26.4 Å². The van der Waals surface area contributed by atoms with Gasteiger partial charge in [0.25, 0.3) is 0 Å². The Balaban J connectivity index is 1.68. The van der Waals surface area contributed by atoms with Crippen LogP contribution in [-0.2, 0) is 21.0 Å². The Morgan fingerprint density at radius 1 is 1.07 bits per heavy atom. The lowest BCUT2D eigenvalue weighted by Crippen LogP contribution is -2.43. The topological polar surface area (TPSA) is 66.5 Å². The lowest BCUT2D eigenvalue weighted by molar-refractivity contribution is -0.137. The van der Waals surface area contributed by atoms with Gasteiger partial charge in [0, 0.05) is 23.8 Å². The average molecular weight is 447 g/mol. The molecule has 1 N–H and O–H groups in total. The van der Waals surface area contributed by atoms with Gasteiger partial charge in [-0.15, -0.1) is 0 Å². The third-order valence-electron chi connectivity index (χ3n) is 4.69. The van der Waals surface area contributed by atoms with Crippen LogP contribution in [0.2, 0.25) is 5.02 Å². The molecule has 1 aliphatic heterocycles. The zero-order valence-corrected chi connectivity index (χ0v) is 16.7. The average Bonchev–Trinajstić information content (AvgIpc) is 2.68. The predicted octanol–water partition coefficient (Wildman–Crippen LogP) is 4.40. The van der Waals surface area contributed by atoms with Gasteiger partial charge in [-0.25, -0.2) is 8.42 Å². The summed E-state index contributed by atoms with van der Waals surface area (Å²) in [5.41, 5.74) is -0.589. The summed E-state index contributed by atoms with van der Waals surface area (Å²) in [4.78, 5) is 12.6. The largest absolute Gasteiger partial charge is 0.416 e. The number of nitrogens with one attached hydrogen (secondary N) is 1. The molecule has 29 heavy (non-hydrogen) atoms. The molecular weight excluding hydrogens is 429 g/mol. The number of sulfonamides is 1. The molecule has 0 spiro atoms. The van der Waals surface area contributed by atoms with Crippen molar-refractivity contribution in [3.05, 3.63) is 59.1 Å². The van der Waals surface area contributed by atoms with Crippen molar-refractivity contribution in [1.29, 1.82) is 0 Å². The molecule has 2 aromatic carbocycles. The summed E-state index contributed by atoms with van der Waals surface area (Å²) in [6.07, 6.45) is -3.47. The quantitative estimate of drug-likeness (QED) is 0.757. The Morgan fingerprint density at radius 3 is 2.28 bits per heavy atom. The molecule has 2 aromatic rings. The van der Waals surface area contributed by atoms with Crippen LogP contribution in [0.1, 0.15) is 18.4 Å². The third kappa shape index (κ3) is 5.09. The summed E-state index contributed by atoms with van der Waals surface area (Å²) < 4.78 is 64.7. The van der Waals surface area contributed by atoms with Crippen LogP contribution >= 0.6 is 11.6 Å². The number of nitrogens with zero attached hydrogens (tertiary/aromatic N) is 1. The second kappa shape index (κ2) is 8.33. The molecule has 1 fully saturated rings. The Labute approximate surface area is 171 Å². The minimum Gasteiger partial charge on any atom is -0.326 e. The zero-order valence-electron chi connectivity index (χ0n) is 15.1. The Kier molecular flexibility index (Phi) is 6.21. The van der Waals surface area contributed by atoms with Gasteiger partial charge in [-0.3, -0.25) is 4.79 Å². The molecule has 156 valence electrons. The maximum atomic E-state index is 12.8. The number of amides is 1. The highest BCUT2D eigenvalue weighted by Gasteiger charge is 2.34. The molecular formula is C19H18ClF3N2O3S. The van der Waals surface area contributed by atoms with Crippen molar-refractivity contribution in [2.45, 2.75) is 23.9 Å². The second-order valence-corrected chi connectivity index (χ2v) is 9.09. The molecule has 0 bridgehead atoms. The van der Waals surface area contributed by atoms with E-state index < -0.39 is 33.6 Å². The van der Waals surface area contributed by atoms with Gasteiger partial charge >= 0.3 is 6.18 Å². The molecule has 1 atom stereocenters. The summed E-state index contributed by atoms with van der Waals surface area (Å²) in [6.45, 7) is 0.284. The third-order valence-corrected chi connectivity index (χ3v) is 6.82. The molecule has 1 aliphatic rings. The van der Waals surface area contributed by atoms with Gasteiger partial charge in [0.15, 0.2) is 0 Å². The van der Waals surface area contributed by atoms with Gasteiger partial charge in [-0.1, -0.05) is 11.6 Å². The number of carbonyl (C=O) groups is 1. The van der Waals surface area contributed by atoms with E-state index in [-0.39, 0.29) is 23.7 Å². The molecule has 0 aliphatic carbocycles. The Hall–Kier alpha value is -2.10. The second-order valence-electron chi connectivity index (χ2n) is 6.72. The molecule has 0 aromatic heterocycles. The summed E-state index contributed by atoms with van der Waals surface area (Å²) in [7, 11) is -3.77. The van der Waals surface area contributed by atoms with E-state index in [0.717, 1.165) is 12.1 Å². The van der Waals surface area contributed by atoms with Gasteiger partial charge in [0.2, 0.25) is 15.9 Å². The number of alkyl halides is 3. The molecule has 0 unspecified atom stereocenters. The van der Waals surface area contributed by atoms with Crippen molar-refractivity contribution in [3.8, 4) is 0 Å². The van der Waals surface area contributed by atoms with Crippen molar-refractivity contribution in [1.82, 2.24) is 4.31 Å². The maximum Gasteiger partial charge on any atom is 0.416 e. The summed E-state index contributed by atoms with van der Waals surface area (Å²) in [5, 5.41) is 2.98. The van der Waals surface area contributed by atoms with Crippen LogP contribution in [0.5, 0.6) is 0 Å². The van der Waals surface area contributed by atoms with Crippen LogP contribution in [0, 0.1) is 5.92 Å².